The Labute approximate surface area is 128 Å². The van der Waals surface area contributed by atoms with E-state index in [1.807, 2.05) is 32.7 Å². The topological polar surface area (TPSA) is 66.6 Å². The van der Waals surface area contributed by atoms with Gasteiger partial charge in [-0.25, -0.2) is 0 Å². The van der Waals surface area contributed by atoms with Crippen LogP contribution in [-0.4, -0.2) is 54.3 Å². The smallest absolute Gasteiger partial charge is 0.242 e. The van der Waals surface area contributed by atoms with E-state index in [1.54, 1.807) is 7.05 Å². The van der Waals surface area contributed by atoms with Crippen LogP contribution < -0.4 is 5.73 Å². The Hall–Kier alpha value is -1.10. The van der Waals surface area contributed by atoms with Crippen molar-refractivity contribution < 1.29 is 9.59 Å². The van der Waals surface area contributed by atoms with Gasteiger partial charge >= 0.3 is 0 Å². The lowest BCUT2D eigenvalue weighted by atomic mass is 9.86. The van der Waals surface area contributed by atoms with Crippen molar-refractivity contribution in [2.24, 2.45) is 11.1 Å². The van der Waals surface area contributed by atoms with Gasteiger partial charge in [0.2, 0.25) is 11.8 Å². The number of nitrogens with two attached hydrogens (primary N) is 1. The normalized spacial score (nSPS) is 18.2. The van der Waals surface area contributed by atoms with Gasteiger partial charge in [-0.1, -0.05) is 40.0 Å². The first-order chi connectivity index (χ1) is 9.64. The molecule has 122 valence electrons. The van der Waals surface area contributed by atoms with Crippen molar-refractivity contribution in [2.45, 2.75) is 65.0 Å². The fraction of sp³-hybridized carbons (Fsp3) is 0.875. The van der Waals surface area contributed by atoms with E-state index in [1.165, 1.54) is 24.2 Å². The molecular weight excluding hydrogens is 266 g/mol. The van der Waals surface area contributed by atoms with Gasteiger partial charge in [0.25, 0.3) is 0 Å². The third kappa shape index (κ3) is 4.99. The summed E-state index contributed by atoms with van der Waals surface area (Å²) in [5, 5.41) is 0. The summed E-state index contributed by atoms with van der Waals surface area (Å²) >= 11 is 0. The molecule has 0 saturated heterocycles. The number of carbonyl (C=O) groups is 2. The molecule has 0 spiro atoms. The van der Waals surface area contributed by atoms with Crippen molar-refractivity contribution in [2.75, 3.05) is 20.6 Å². The summed E-state index contributed by atoms with van der Waals surface area (Å²) in [5.41, 5.74) is 5.67. The molecule has 21 heavy (non-hydrogen) atoms. The molecule has 1 atom stereocenters. The molecule has 0 aromatic carbocycles. The molecule has 5 heteroatoms. The quantitative estimate of drug-likeness (QED) is 0.857. The van der Waals surface area contributed by atoms with E-state index in [4.69, 9.17) is 5.73 Å². The molecule has 5 nitrogen and oxygen atoms in total. The number of hydrogen-bond acceptors (Lipinski definition) is 3. The lowest BCUT2D eigenvalue weighted by molar-refractivity contribution is -0.142. The van der Waals surface area contributed by atoms with Gasteiger partial charge in [0.1, 0.15) is 0 Å². The summed E-state index contributed by atoms with van der Waals surface area (Å²) < 4.78 is 0. The SMILES string of the molecule is CN(CC(=O)N(C)C1CCCCC1)C(=O)[C@H](N)C(C)(C)C. The molecule has 1 aliphatic carbocycles. The van der Waals surface area contributed by atoms with Crippen molar-refractivity contribution in [3.63, 3.8) is 0 Å². The third-order valence-corrected chi connectivity index (χ3v) is 4.46. The Balaban J connectivity index is 2.54. The zero-order chi connectivity index (χ0) is 16.2. The van der Waals surface area contributed by atoms with Crippen LogP contribution in [0, 0.1) is 5.41 Å². The average molecular weight is 297 g/mol. The largest absolute Gasteiger partial charge is 0.341 e. The Morgan fingerprint density at radius 2 is 1.67 bits per heavy atom. The Morgan fingerprint density at radius 1 is 1.14 bits per heavy atom. The van der Waals surface area contributed by atoms with Gasteiger partial charge in [-0.05, 0) is 18.3 Å². The number of nitrogens with zero attached hydrogens (tertiary/aromatic N) is 2. The Kier molecular flexibility index (Phi) is 6.20. The minimum Gasteiger partial charge on any atom is -0.341 e. The summed E-state index contributed by atoms with van der Waals surface area (Å²) in [6.45, 7) is 5.90. The highest BCUT2D eigenvalue weighted by molar-refractivity contribution is 5.87. The van der Waals surface area contributed by atoms with Gasteiger partial charge in [-0.15, -0.1) is 0 Å². The summed E-state index contributed by atoms with van der Waals surface area (Å²) in [5.74, 6) is -0.174. The van der Waals surface area contributed by atoms with Crippen LogP contribution in [0.25, 0.3) is 0 Å². The maximum atomic E-state index is 12.3. The predicted octanol–water partition coefficient (Wildman–Crippen LogP) is 1.61. The van der Waals surface area contributed by atoms with E-state index in [9.17, 15) is 9.59 Å². The fourth-order valence-corrected chi connectivity index (χ4v) is 2.67. The molecule has 0 radical (unpaired) electrons. The lowest BCUT2D eigenvalue weighted by Gasteiger charge is -2.34. The molecule has 0 aromatic rings. The predicted molar refractivity (Wildman–Crippen MR) is 84.7 cm³/mol. The lowest BCUT2D eigenvalue weighted by Crippen LogP contribution is -2.52. The van der Waals surface area contributed by atoms with Crippen LogP contribution in [0.5, 0.6) is 0 Å². The van der Waals surface area contributed by atoms with Crippen LogP contribution in [-0.2, 0) is 9.59 Å². The van der Waals surface area contributed by atoms with Gasteiger partial charge in [0, 0.05) is 20.1 Å². The Morgan fingerprint density at radius 3 is 2.14 bits per heavy atom. The first-order valence-corrected chi connectivity index (χ1v) is 7.91. The Bertz CT molecular complexity index is 370. The van der Waals surface area contributed by atoms with E-state index in [0.29, 0.717) is 6.04 Å². The zero-order valence-electron chi connectivity index (χ0n) is 14.2. The van der Waals surface area contributed by atoms with Crippen molar-refractivity contribution >= 4 is 11.8 Å². The molecule has 1 fully saturated rings. The average Bonchev–Trinajstić information content (AvgIpc) is 2.44. The summed E-state index contributed by atoms with van der Waals surface area (Å²) in [6.07, 6.45) is 5.78. The number of rotatable bonds is 4. The summed E-state index contributed by atoms with van der Waals surface area (Å²) in [6, 6.07) is -0.263. The van der Waals surface area contributed by atoms with Crippen LogP contribution in [0.15, 0.2) is 0 Å². The highest BCUT2D eigenvalue weighted by atomic mass is 16.2. The molecule has 2 amide bonds. The van der Waals surface area contributed by atoms with E-state index in [-0.39, 0.29) is 23.8 Å². The molecule has 1 aliphatic rings. The van der Waals surface area contributed by atoms with Gasteiger partial charge < -0.3 is 15.5 Å². The number of likely N-dealkylation sites (N-methyl/N-ethyl adjacent to an activating group) is 2. The van der Waals surface area contributed by atoms with Gasteiger partial charge in [-0.2, -0.15) is 0 Å². The number of amides is 2. The maximum Gasteiger partial charge on any atom is 0.242 e. The van der Waals surface area contributed by atoms with E-state index in [0.717, 1.165) is 12.8 Å². The number of hydrogen-bond donors (Lipinski definition) is 1. The molecule has 0 unspecified atom stereocenters. The summed E-state index contributed by atoms with van der Waals surface area (Å²) in [4.78, 5) is 27.8. The van der Waals surface area contributed by atoms with E-state index >= 15 is 0 Å². The highest BCUT2D eigenvalue weighted by Crippen LogP contribution is 2.22. The van der Waals surface area contributed by atoms with Crippen LogP contribution >= 0.6 is 0 Å². The van der Waals surface area contributed by atoms with Crippen LogP contribution in [0.4, 0.5) is 0 Å². The van der Waals surface area contributed by atoms with Crippen LogP contribution in [0.2, 0.25) is 0 Å². The van der Waals surface area contributed by atoms with Crippen molar-refractivity contribution in [1.29, 1.82) is 0 Å². The van der Waals surface area contributed by atoms with Crippen molar-refractivity contribution in [3.8, 4) is 0 Å². The molecule has 1 rings (SSSR count). The maximum absolute atomic E-state index is 12.3. The first-order valence-electron chi connectivity index (χ1n) is 7.91. The molecular formula is C16H31N3O2. The third-order valence-electron chi connectivity index (χ3n) is 4.46. The molecule has 0 aliphatic heterocycles. The number of carbonyl (C=O) groups excluding carboxylic acids is 2. The zero-order valence-corrected chi connectivity index (χ0v) is 14.2. The second kappa shape index (κ2) is 7.25. The van der Waals surface area contributed by atoms with Gasteiger partial charge in [0.05, 0.1) is 12.6 Å². The molecule has 1 saturated carbocycles. The van der Waals surface area contributed by atoms with Crippen molar-refractivity contribution in [1.82, 2.24) is 9.80 Å². The summed E-state index contributed by atoms with van der Waals surface area (Å²) in [7, 11) is 3.50. The molecule has 0 heterocycles. The fourth-order valence-electron chi connectivity index (χ4n) is 2.67. The molecule has 0 aromatic heterocycles. The minimum atomic E-state index is -0.588. The first kappa shape index (κ1) is 18.0. The van der Waals surface area contributed by atoms with Crippen LogP contribution in [0.3, 0.4) is 0 Å². The molecule has 2 N–H and O–H groups in total. The van der Waals surface area contributed by atoms with Crippen molar-refractivity contribution in [3.05, 3.63) is 0 Å². The van der Waals surface area contributed by atoms with E-state index < -0.39 is 6.04 Å². The second-order valence-corrected chi connectivity index (χ2v) is 7.33. The monoisotopic (exact) mass is 297 g/mol. The standard InChI is InChI=1S/C16H31N3O2/c1-16(2,3)14(17)15(21)18(4)11-13(20)19(5)12-9-7-6-8-10-12/h12,14H,6-11,17H2,1-5H3/t14-/m0/s1. The highest BCUT2D eigenvalue weighted by Gasteiger charge is 2.31. The van der Waals surface area contributed by atoms with Gasteiger partial charge in [-0.3, -0.25) is 9.59 Å². The second-order valence-electron chi connectivity index (χ2n) is 7.33. The minimum absolute atomic E-state index is 0.00106. The van der Waals surface area contributed by atoms with Crippen LogP contribution in [0.1, 0.15) is 52.9 Å². The van der Waals surface area contributed by atoms with Gasteiger partial charge in [0.15, 0.2) is 0 Å². The molecule has 0 bridgehead atoms. The van der Waals surface area contributed by atoms with E-state index in [2.05, 4.69) is 0 Å².